The summed E-state index contributed by atoms with van der Waals surface area (Å²) in [5.41, 5.74) is 5.26. The Morgan fingerprint density at radius 2 is 2.29 bits per heavy atom. The van der Waals surface area contributed by atoms with Crippen LogP contribution in [0.3, 0.4) is 0 Å². The van der Waals surface area contributed by atoms with Crippen molar-refractivity contribution in [3.05, 3.63) is 42.0 Å². The van der Waals surface area contributed by atoms with E-state index in [1.807, 2.05) is 38.1 Å². The van der Waals surface area contributed by atoms with Gasteiger partial charge in [-0.05, 0) is 30.2 Å². The minimum Gasteiger partial charge on any atom is -0.495 e. The third kappa shape index (κ3) is 4.20. The van der Waals surface area contributed by atoms with Crippen LogP contribution in [0.1, 0.15) is 25.8 Å². The molecule has 2 rings (SSSR count). The van der Waals surface area contributed by atoms with Crippen molar-refractivity contribution in [2.75, 3.05) is 12.9 Å². The Morgan fingerprint density at radius 1 is 1.54 bits per heavy atom. The molecule has 2 unspecified atom stereocenters. The molecule has 1 aromatic carbocycles. The summed E-state index contributed by atoms with van der Waals surface area (Å²) in [7, 11) is 0.365. The highest BCUT2D eigenvalue weighted by atomic mass is 32.2. The molecule has 0 fully saturated rings. The van der Waals surface area contributed by atoms with Crippen LogP contribution in [0.2, 0.25) is 0 Å². The van der Waals surface area contributed by atoms with Gasteiger partial charge in [-0.15, -0.1) is 6.58 Å². The molecular weight excluding hydrogens is 324 g/mol. The molecule has 0 bridgehead atoms. The van der Waals surface area contributed by atoms with Crippen molar-refractivity contribution in [1.82, 2.24) is 5.43 Å². The fourth-order valence-corrected chi connectivity index (χ4v) is 3.65. The number of ether oxygens (including phenoxy) is 1. The third-order valence-electron chi connectivity index (χ3n) is 3.75. The van der Waals surface area contributed by atoms with Crippen molar-refractivity contribution in [3.8, 4) is 5.75 Å². The molecular formula is C18H22N2O3S. The van der Waals surface area contributed by atoms with Gasteiger partial charge in [-0.25, -0.2) is 5.43 Å². The number of hydrogen-bond donors (Lipinski definition) is 1. The number of nitrogens with zero attached hydrogens (tertiary/aromatic N) is 1. The lowest BCUT2D eigenvalue weighted by Crippen LogP contribution is -2.31. The summed E-state index contributed by atoms with van der Waals surface area (Å²) in [5, 5.41) is 4.16. The molecule has 0 aromatic heterocycles. The van der Waals surface area contributed by atoms with Crippen LogP contribution in [0.4, 0.5) is 0 Å². The van der Waals surface area contributed by atoms with Crippen molar-refractivity contribution >= 4 is 28.5 Å². The first-order valence-corrected chi connectivity index (χ1v) is 9.00. The molecule has 1 aliphatic heterocycles. The van der Waals surface area contributed by atoms with E-state index < -0.39 is 10.8 Å². The predicted molar refractivity (Wildman–Crippen MR) is 97.5 cm³/mol. The van der Waals surface area contributed by atoms with Gasteiger partial charge in [-0.2, -0.15) is 5.10 Å². The van der Waals surface area contributed by atoms with Crippen LogP contribution in [0.25, 0.3) is 6.08 Å². The first-order chi connectivity index (χ1) is 11.5. The van der Waals surface area contributed by atoms with Gasteiger partial charge in [0.1, 0.15) is 5.75 Å². The lowest BCUT2D eigenvalue weighted by molar-refractivity contribution is -0.121. The molecule has 0 radical (unpaired) electrons. The van der Waals surface area contributed by atoms with E-state index in [1.165, 1.54) is 0 Å². The molecule has 128 valence electrons. The monoisotopic (exact) mass is 346 g/mol. The number of methoxy groups -OCH3 is 1. The second kappa shape index (κ2) is 8.06. The maximum absolute atomic E-state index is 12.3. The molecule has 5 nitrogen and oxygen atoms in total. The zero-order valence-electron chi connectivity index (χ0n) is 14.2. The number of hydrogen-bond acceptors (Lipinski definition) is 4. The molecule has 1 amide bonds. The summed E-state index contributed by atoms with van der Waals surface area (Å²) >= 11 is 0. The van der Waals surface area contributed by atoms with E-state index >= 15 is 0 Å². The summed E-state index contributed by atoms with van der Waals surface area (Å²) in [6, 6.07) is 5.57. The van der Waals surface area contributed by atoms with Gasteiger partial charge in [-0.1, -0.05) is 25.1 Å². The maximum Gasteiger partial charge on any atom is 0.240 e. The van der Waals surface area contributed by atoms with Crippen LogP contribution in [0.15, 0.2) is 46.4 Å². The SMILES string of the molecule is C=CCS(=O)c1cc(C=C(C)C2=NNC(=O)CC2C)ccc1OC. The van der Waals surface area contributed by atoms with Crippen LogP contribution < -0.4 is 10.2 Å². The highest BCUT2D eigenvalue weighted by molar-refractivity contribution is 7.85. The number of hydrazone groups is 1. The minimum absolute atomic E-state index is 0.0643. The van der Waals surface area contributed by atoms with Gasteiger partial charge in [0.05, 0.1) is 28.5 Å². The standard InChI is InChI=1S/C18H22N2O3S/c1-5-8-24(22)16-11-14(6-7-15(16)23-4)9-12(2)18-13(3)10-17(21)19-20-18/h5-7,9,11,13H,1,8,10H2,2-4H3,(H,19,21). The highest BCUT2D eigenvalue weighted by Gasteiger charge is 2.21. The van der Waals surface area contributed by atoms with E-state index in [2.05, 4.69) is 17.1 Å². The number of nitrogens with one attached hydrogen (secondary N) is 1. The molecule has 1 aliphatic rings. The highest BCUT2D eigenvalue weighted by Crippen LogP contribution is 2.26. The fraction of sp³-hybridized carbons (Fsp3) is 0.333. The lowest BCUT2D eigenvalue weighted by Gasteiger charge is -2.19. The van der Waals surface area contributed by atoms with Gasteiger partial charge in [0.2, 0.25) is 5.91 Å². The van der Waals surface area contributed by atoms with Gasteiger partial charge in [-0.3, -0.25) is 9.00 Å². The molecule has 0 saturated carbocycles. The Labute approximate surface area is 144 Å². The number of carbonyl (C=O) groups is 1. The second-order valence-corrected chi connectivity index (χ2v) is 7.14. The Morgan fingerprint density at radius 3 is 2.92 bits per heavy atom. The summed E-state index contributed by atoms with van der Waals surface area (Å²) in [6.45, 7) is 7.57. The van der Waals surface area contributed by atoms with Crippen molar-refractivity contribution in [1.29, 1.82) is 0 Å². The van der Waals surface area contributed by atoms with Gasteiger partial charge >= 0.3 is 0 Å². The first kappa shape index (κ1) is 18.1. The molecule has 0 saturated heterocycles. The van der Waals surface area contributed by atoms with E-state index in [0.29, 0.717) is 22.8 Å². The van der Waals surface area contributed by atoms with Gasteiger partial charge in [0.15, 0.2) is 0 Å². The Bertz CT molecular complexity index is 738. The number of amides is 1. The van der Waals surface area contributed by atoms with E-state index in [9.17, 15) is 9.00 Å². The van der Waals surface area contributed by atoms with Crippen LogP contribution in [-0.4, -0.2) is 28.7 Å². The molecule has 0 aliphatic carbocycles. The quantitative estimate of drug-likeness (QED) is 0.805. The summed E-state index contributed by atoms with van der Waals surface area (Å²) < 4.78 is 17.6. The zero-order chi connectivity index (χ0) is 17.7. The van der Waals surface area contributed by atoms with E-state index in [-0.39, 0.29) is 11.8 Å². The van der Waals surface area contributed by atoms with Crippen LogP contribution in [-0.2, 0) is 15.6 Å². The van der Waals surface area contributed by atoms with E-state index in [4.69, 9.17) is 4.74 Å². The first-order valence-electron chi connectivity index (χ1n) is 7.68. The molecule has 24 heavy (non-hydrogen) atoms. The van der Waals surface area contributed by atoms with Crippen molar-refractivity contribution in [3.63, 3.8) is 0 Å². The molecule has 6 heteroatoms. The lowest BCUT2D eigenvalue weighted by atomic mass is 9.93. The number of benzene rings is 1. The van der Waals surface area contributed by atoms with Crippen LogP contribution >= 0.6 is 0 Å². The minimum atomic E-state index is -1.20. The average Bonchev–Trinajstić information content (AvgIpc) is 2.54. The Balaban J connectivity index is 2.35. The van der Waals surface area contributed by atoms with E-state index in [1.54, 1.807) is 13.2 Å². The summed E-state index contributed by atoms with van der Waals surface area (Å²) in [6.07, 6.45) is 4.03. The molecule has 0 spiro atoms. The van der Waals surface area contributed by atoms with Crippen molar-refractivity contribution in [2.45, 2.75) is 25.2 Å². The molecule has 1 N–H and O–H groups in total. The predicted octanol–water partition coefficient (Wildman–Crippen LogP) is 2.90. The normalized spacial score (nSPS) is 19.3. The number of rotatable bonds is 6. The van der Waals surface area contributed by atoms with Crippen LogP contribution in [0, 0.1) is 5.92 Å². The van der Waals surface area contributed by atoms with Crippen molar-refractivity contribution < 1.29 is 13.7 Å². The van der Waals surface area contributed by atoms with Crippen molar-refractivity contribution in [2.24, 2.45) is 11.0 Å². The van der Waals surface area contributed by atoms with Gasteiger partial charge < -0.3 is 4.74 Å². The fourth-order valence-electron chi connectivity index (χ4n) is 2.61. The molecule has 1 heterocycles. The number of allylic oxidation sites excluding steroid dienone is 1. The number of carbonyl (C=O) groups excluding carboxylic acids is 1. The van der Waals surface area contributed by atoms with E-state index in [0.717, 1.165) is 16.8 Å². The smallest absolute Gasteiger partial charge is 0.240 e. The zero-order valence-corrected chi connectivity index (χ0v) is 15.0. The molecule has 2 atom stereocenters. The topological polar surface area (TPSA) is 67.8 Å². The maximum atomic E-state index is 12.3. The summed E-state index contributed by atoms with van der Waals surface area (Å²) in [4.78, 5) is 12.0. The van der Waals surface area contributed by atoms with Crippen LogP contribution in [0.5, 0.6) is 5.75 Å². The average molecular weight is 346 g/mol. The Hall–Kier alpha value is -2.21. The Kier molecular flexibility index (Phi) is 6.09. The van der Waals surface area contributed by atoms with Gasteiger partial charge in [0, 0.05) is 18.1 Å². The largest absolute Gasteiger partial charge is 0.495 e. The van der Waals surface area contributed by atoms with Gasteiger partial charge in [0.25, 0.3) is 0 Å². The second-order valence-electron chi connectivity index (χ2n) is 5.68. The summed E-state index contributed by atoms with van der Waals surface area (Å²) in [5.74, 6) is 0.979. The molecule has 1 aromatic rings. The third-order valence-corrected chi connectivity index (χ3v) is 5.10.